The summed E-state index contributed by atoms with van der Waals surface area (Å²) in [4.78, 5) is 39.4. The normalized spacial score (nSPS) is 32.4. The largest absolute Gasteiger partial charge is 0.507 e. The number of alkyl halides is 2. The quantitative estimate of drug-likeness (QED) is 0.219. The van der Waals surface area contributed by atoms with Crippen LogP contribution in [0.25, 0.3) is 0 Å². The maximum absolute atomic E-state index is 14.9. The molecule has 0 aromatic heterocycles. The van der Waals surface area contributed by atoms with Crippen LogP contribution in [0.1, 0.15) is 62.4 Å². The number of fused-ring (bicyclic) bond motifs is 3. The van der Waals surface area contributed by atoms with E-state index in [-0.39, 0.29) is 27.6 Å². The van der Waals surface area contributed by atoms with E-state index in [0.29, 0.717) is 0 Å². The first-order chi connectivity index (χ1) is 17.9. The minimum absolute atomic E-state index is 0.00395. The summed E-state index contributed by atoms with van der Waals surface area (Å²) in [7, 11) is 0. The van der Waals surface area contributed by atoms with Gasteiger partial charge in [0.25, 0.3) is 0 Å². The fourth-order valence-corrected chi connectivity index (χ4v) is 5.92. The Balaban J connectivity index is 1.68. The minimum Gasteiger partial charge on any atom is -0.507 e. The van der Waals surface area contributed by atoms with Gasteiger partial charge in [-0.3, -0.25) is 14.4 Å². The molecular weight excluding hydrogens is 571 g/mol. The van der Waals surface area contributed by atoms with Crippen molar-refractivity contribution in [3.8, 4) is 11.5 Å². The first-order valence-corrected chi connectivity index (χ1v) is 12.9. The summed E-state index contributed by atoms with van der Waals surface area (Å²) < 4.78 is 26.1. The Kier molecular flexibility index (Phi) is 6.69. The van der Waals surface area contributed by atoms with Crippen molar-refractivity contribution in [3.63, 3.8) is 0 Å². The summed E-state index contributed by atoms with van der Waals surface area (Å²) in [6.07, 6.45) is -11.2. The summed E-state index contributed by atoms with van der Waals surface area (Å²) in [6.45, 7) is 1.37. The van der Waals surface area contributed by atoms with E-state index in [1.54, 1.807) is 0 Å². The third-order valence-corrected chi connectivity index (χ3v) is 7.99. The zero-order chi connectivity index (χ0) is 27.7. The van der Waals surface area contributed by atoms with Gasteiger partial charge in [-0.2, -0.15) is 0 Å². The lowest BCUT2D eigenvalue weighted by Crippen LogP contribution is -2.56. The number of aliphatic hydroxyl groups excluding tert-OH is 2. The second-order valence-corrected chi connectivity index (χ2v) is 10.3. The molecule has 3 aliphatic rings. The Labute approximate surface area is 223 Å². The number of hydrogen-bond donors (Lipinski definition) is 5. The van der Waals surface area contributed by atoms with Crippen LogP contribution in [0, 0.1) is 0 Å². The smallest absolute Gasteiger partial charge is 0.198 e. The Bertz CT molecular complexity index is 1360. The lowest BCUT2D eigenvalue weighted by molar-refractivity contribution is -0.294. The number of halogens is 2. The average Bonchev–Trinajstić information content (AvgIpc) is 2.90. The van der Waals surface area contributed by atoms with E-state index in [0.717, 1.165) is 0 Å². The van der Waals surface area contributed by atoms with Crippen molar-refractivity contribution in [2.75, 3.05) is 5.33 Å². The first-order valence-electron chi connectivity index (χ1n) is 11.8. The molecule has 7 unspecified atom stereocenters. The number of aliphatic hydroxyl groups is 3. The Hall–Kier alpha value is -2.74. The fourth-order valence-electron chi connectivity index (χ4n) is 5.40. The van der Waals surface area contributed by atoms with Crippen LogP contribution in [0.4, 0.5) is 4.39 Å². The van der Waals surface area contributed by atoms with Crippen LogP contribution in [-0.4, -0.2) is 84.6 Å². The van der Waals surface area contributed by atoms with Crippen molar-refractivity contribution in [1.29, 1.82) is 0 Å². The molecule has 38 heavy (non-hydrogen) atoms. The number of phenols is 2. The summed E-state index contributed by atoms with van der Waals surface area (Å²) in [5, 5.41) is 53.6. The molecule has 0 amide bonds. The lowest BCUT2D eigenvalue weighted by atomic mass is 9.72. The Morgan fingerprint density at radius 3 is 2.26 bits per heavy atom. The van der Waals surface area contributed by atoms with Gasteiger partial charge in [-0.05, 0) is 6.92 Å². The van der Waals surface area contributed by atoms with Gasteiger partial charge in [0.1, 0.15) is 29.3 Å². The van der Waals surface area contributed by atoms with E-state index in [9.17, 15) is 44.3 Å². The molecule has 1 fully saturated rings. The number of benzene rings is 2. The first kappa shape index (κ1) is 26.9. The van der Waals surface area contributed by atoms with E-state index in [4.69, 9.17) is 9.47 Å². The van der Waals surface area contributed by atoms with Gasteiger partial charge in [0.2, 0.25) is 0 Å². The molecule has 5 rings (SSSR count). The molecule has 12 heteroatoms. The van der Waals surface area contributed by atoms with Gasteiger partial charge in [-0.25, -0.2) is 4.39 Å². The van der Waals surface area contributed by atoms with E-state index in [1.807, 2.05) is 0 Å². The van der Waals surface area contributed by atoms with Crippen molar-refractivity contribution >= 4 is 33.3 Å². The van der Waals surface area contributed by atoms with Crippen molar-refractivity contribution in [2.45, 2.75) is 62.2 Å². The average molecular weight is 595 g/mol. The predicted molar refractivity (Wildman–Crippen MR) is 130 cm³/mol. The molecule has 1 aliphatic heterocycles. The van der Waals surface area contributed by atoms with Gasteiger partial charge in [-0.1, -0.05) is 40.2 Å². The molecule has 2 aromatic rings. The highest BCUT2D eigenvalue weighted by Gasteiger charge is 2.51. The molecule has 202 valence electrons. The molecule has 10 nitrogen and oxygen atoms in total. The lowest BCUT2D eigenvalue weighted by Gasteiger charge is -2.43. The van der Waals surface area contributed by atoms with E-state index in [1.165, 1.54) is 31.2 Å². The van der Waals surface area contributed by atoms with Crippen molar-refractivity contribution in [3.05, 3.63) is 57.6 Å². The van der Waals surface area contributed by atoms with Crippen LogP contribution < -0.4 is 0 Å². The number of rotatable bonds is 4. The highest BCUT2D eigenvalue weighted by atomic mass is 79.9. The highest BCUT2D eigenvalue weighted by molar-refractivity contribution is 9.09. The number of aromatic hydroxyl groups is 2. The van der Waals surface area contributed by atoms with Crippen molar-refractivity contribution in [1.82, 2.24) is 0 Å². The number of phenolic OH excluding ortho intramolecular Hbond substituents is 2. The Morgan fingerprint density at radius 2 is 1.68 bits per heavy atom. The van der Waals surface area contributed by atoms with Gasteiger partial charge in [0, 0.05) is 35.1 Å². The van der Waals surface area contributed by atoms with Gasteiger partial charge < -0.3 is 35.0 Å². The topological polar surface area (TPSA) is 171 Å². The zero-order valence-electron chi connectivity index (χ0n) is 19.9. The maximum Gasteiger partial charge on any atom is 0.198 e. The molecule has 1 heterocycles. The number of ketones is 3. The Morgan fingerprint density at radius 1 is 1.11 bits per heavy atom. The standard InChI is InChI=1S/C26H24BrFO10/c1-9-19(30)24(35)18(28)25(37-9)38-13-7-26(36,14(29)8-27)6-12-15(13)23(34)17-16(22(12)33)20(31)10-4-2-3-5-11(10)21(17)32/h2-5,9,13,18-19,24-25,30,33-36H,6-8H2,1H3. The number of ether oxygens (including phenoxy) is 2. The van der Waals surface area contributed by atoms with Crippen molar-refractivity contribution in [2.24, 2.45) is 0 Å². The summed E-state index contributed by atoms with van der Waals surface area (Å²) >= 11 is 3.00. The minimum atomic E-state index is -2.25. The zero-order valence-corrected chi connectivity index (χ0v) is 21.5. The van der Waals surface area contributed by atoms with Crippen LogP contribution in [0.2, 0.25) is 0 Å². The maximum atomic E-state index is 14.9. The van der Waals surface area contributed by atoms with Crippen LogP contribution in [0.15, 0.2) is 24.3 Å². The molecule has 0 saturated carbocycles. The molecule has 5 N–H and O–H groups in total. The molecule has 2 aliphatic carbocycles. The van der Waals surface area contributed by atoms with Crippen LogP contribution >= 0.6 is 15.9 Å². The predicted octanol–water partition coefficient (Wildman–Crippen LogP) is 1.38. The monoisotopic (exact) mass is 594 g/mol. The van der Waals surface area contributed by atoms with Crippen LogP contribution in [-0.2, 0) is 20.7 Å². The SMILES string of the molecule is CC1OC(OC2CC(O)(C(=O)CBr)Cc3c(O)c4c(c(O)c32)C(=O)c2ccccc2C4=O)C(F)C(O)C1O. The number of hydrogen-bond acceptors (Lipinski definition) is 10. The van der Waals surface area contributed by atoms with Crippen LogP contribution in [0.3, 0.4) is 0 Å². The second kappa shape index (κ2) is 9.47. The molecule has 0 bridgehead atoms. The summed E-state index contributed by atoms with van der Waals surface area (Å²) in [6, 6.07) is 5.86. The molecular formula is C26H24BrFO10. The van der Waals surface area contributed by atoms with Gasteiger partial charge in [0.15, 0.2) is 29.8 Å². The third-order valence-electron chi connectivity index (χ3n) is 7.48. The van der Waals surface area contributed by atoms with E-state index >= 15 is 0 Å². The number of carbonyl (C=O) groups is 3. The molecule has 2 aromatic carbocycles. The molecule has 7 atom stereocenters. The van der Waals surface area contributed by atoms with Gasteiger partial charge in [0.05, 0.1) is 28.7 Å². The summed E-state index contributed by atoms with van der Waals surface area (Å²) in [5.74, 6) is -3.65. The van der Waals surface area contributed by atoms with Crippen molar-refractivity contribution < 1.29 is 53.8 Å². The summed E-state index contributed by atoms with van der Waals surface area (Å²) in [5.41, 5.74) is -3.59. The molecule has 0 radical (unpaired) electrons. The number of Topliss-reactive ketones (excluding diaryl/α,β-unsaturated/α-hetero) is 1. The van der Waals surface area contributed by atoms with E-state index < -0.39 is 95.3 Å². The van der Waals surface area contributed by atoms with E-state index in [2.05, 4.69) is 15.9 Å². The van der Waals surface area contributed by atoms with Crippen LogP contribution in [0.5, 0.6) is 11.5 Å². The van der Waals surface area contributed by atoms with Gasteiger partial charge >= 0.3 is 0 Å². The van der Waals surface area contributed by atoms with Gasteiger partial charge in [-0.15, -0.1) is 0 Å². The molecule has 1 saturated heterocycles. The second-order valence-electron chi connectivity index (χ2n) is 9.77. The number of carbonyl (C=O) groups excluding carboxylic acids is 3. The molecule has 0 spiro atoms. The fraction of sp³-hybridized carbons (Fsp3) is 0.423. The third kappa shape index (κ3) is 3.90. The highest BCUT2D eigenvalue weighted by Crippen LogP contribution is 2.52.